The number of fused-ring (bicyclic) bond motifs is 2. The Bertz CT molecular complexity index is 1720. The van der Waals surface area contributed by atoms with Gasteiger partial charge in [-0.05, 0) is 61.9 Å². The Hall–Kier alpha value is -5.07. The first-order valence-corrected chi connectivity index (χ1v) is 15.3. The number of hydrogen-bond donors (Lipinski definition) is 3. The summed E-state index contributed by atoms with van der Waals surface area (Å²) in [5.74, 6) is -0.0760. The molecule has 13 heteroatoms. The summed E-state index contributed by atoms with van der Waals surface area (Å²) in [4.78, 5) is 65.0. The minimum atomic E-state index is -0.883. The fourth-order valence-electron chi connectivity index (χ4n) is 5.74. The first kappa shape index (κ1) is 32.3. The zero-order chi connectivity index (χ0) is 33.0. The van der Waals surface area contributed by atoms with Crippen LogP contribution in [0, 0.1) is 12.8 Å². The average molecular weight is 635 g/mol. The van der Waals surface area contributed by atoms with Crippen LogP contribution in [0.2, 0.25) is 0 Å². The van der Waals surface area contributed by atoms with Gasteiger partial charge in [0.1, 0.15) is 42.4 Å². The Morgan fingerprint density at radius 1 is 1.07 bits per heavy atom. The maximum absolute atomic E-state index is 13.5. The van der Waals surface area contributed by atoms with Crippen molar-refractivity contribution in [3.05, 3.63) is 52.4 Å². The van der Waals surface area contributed by atoms with E-state index in [4.69, 9.17) is 24.4 Å². The second kappa shape index (κ2) is 13.9. The minimum absolute atomic E-state index is 0.0781. The van der Waals surface area contributed by atoms with Crippen LogP contribution in [-0.2, 0) is 19.2 Å². The van der Waals surface area contributed by atoms with Gasteiger partial charge in [0.2, 0.25) is 23.2 Å². The van der Waals surface area contributed by atoms with Crippen molar-refractivity contribution in [3.63, 3.8) is 0 Å². The van der Waals surface area contributed by atoms with Crippen molar-refractivity contribution >= 4 is 34.6 Å². The molecule has 244 valence electrons. The molecule has 4 amide bonds. The van der Waals surface area contributed by atoms with E-state index in [-0.39, 0.29) is 24.5 Å². The van der Waals surface area contributed by atoms with Crippen molar-refractivity contribution < 1.29 is 37.8 Å². The van der Waals surface area contributed by atoms with Crippen LogP contribution in [0.4, 0.5) is 0 Å². The molecule has 13 nitrogen and oxygen atoms in total. The van der Waals surface area contributed by atoms with Gasteiger partial charge in [0.15, 0.2) is 18.1 Å². The van der Waals surface area contributed by atoms with Crippen molar-refractivity contribution in [1.82, 2.24) is 15.5 Å². The molecular formula is C33H38N4O9. The lowest BCUT2D eigenvalue weighted by Gasteiger charge is -2.27. The second-order valence-corrected chi connectivity index (χ2v) is 11.8. The summed E-state index contributed by atoms with van der Waals surface area (Å²) in [6.07, 6.45) is 1.38. The number of nitrogens with zero attached hydrogens (tertiary/aromatic N) is 1. The minimum Gasteiger partial charge on any atom is -0.486 e. The van der Waals surface area contributed by atoms with Crippen LogP contribution in [0.15, 0.2) is 45.6 Å². The Morgan fingerprint density at radius 2 is 1.83 bits per heavy atom. The van der Waals surface area contributed by atoms with Crippen LogP contribution < -0.4 is 36.0 Å². The van der Waals surface area contributed by atoms with Gasteiger partial charge in [0, 0.05) is 12.6 Å². The van der Waals surface area contributed by atoms with E-state index in [9.17, 15) is 24.0 Å². The molecule has 5 rings (SSSR count). The van der Waals surface area contributed by atoms with E-state index in [2.05, 4.69) is 10.6 Å². The van der Waals surface area contributed by atoms with Gasteiger partial charge in [-0.3, -0.25) is 24.0 Å². The summed E-state index contributed by atoms with van der Waals surface area (Å²) in [5, 5.41) is 5.52. The number of nitrogens with two attached hydrogens (primary N) is 1. The maximum atomic E-state index is 13.5. The van der Waals surface area contributed by atoms with Crippen LogP contribution >= 0.6 is 0 Å². The van der Waals surface area contributed by atoms with Gasteiger partial charge in [0.25, 0.3) is 5.91 Å². The second-order valence-electron chi connectivity index (χ2n) is 11.8. The van der Waals surface area contributed by atoms with Gasteiger partial charge in [-0.2, -0.15) is 0 Å². The molecule has 3 aromatic rings. The lowest BCUT2D eigenvalue weighted by atomic mass is 10.0. The summed E-state index contributed by atoms with van der Waals surface area (Å²) >= 11 is 0. The molecule has 4 N–H and O–H groups in total. The monoisotopic (exact) mass is 634 g/mol. The number of primary amides is 1. The molecule has 2 atom stereocenters. The molecule has 1 saturated heterocycles. The first-order chi connectivity index (χ1) is 22.0. The third-order valence-corrected chi connectivity index (χ3v) is 7.89. The number of nitrogens with one attached hydrogen (secondary N) is 2. The summed E-state index contributed by atoms with van der Waals surface area (Å²) < 4.78 is 23.1. The SMILES string of the molecule is Cc1oc2cc(OCC(=O)N3CCC[C@H]3C(=O)N[C@H](CC(C)C)C(=O)NCC(N)=O)ccc2c(=O)c1-c1ccc2c(c1)OCCO2. The van der Waals surface area contributed by atoms with Gasteiger partial charge in [-0.1, -0.05) is 19.9 Å². The topological polar surface area (TPSA) is 179 Å². The molecule has 3 heterocycles. The van der Waals surface area contributed by atoms with Gasteiger partial charge < -0.3 is 39.9 Å². The molecule has 0 aliphatic carbocycles. The van der Waals surface area contributed by atoms with E-state index in [0.29, 0.717) is 84.1 Å². The van der Waals surface area contributed by atoms with E-state index < -0.39 is 35.7 Å². The van der Waals surface area contributed by atoms with E-state index in [1.54, 1.807) is 43.3 Å². The van der Waals surface area contributed by atoms with E-state index in [1.165, 1.54) is 4.90 Å². The standard InChI is InChI=1S/C33H38N4O9/c1-18(2)13-23(32(41)35-16-28(34)38)36-33(42)24-5-4-10-37(24)29(39)17-45-21-7-8-22-26(15-21)46-19(3)30(31(22)40)20-6-9-25-27(14-20)44-12-11-43-25/h6-9,14-15,18,23-24H,4-5,10-13,16-17H2,1-3H3,(H2,34,38)(H,35,41)(H,36,42)/t23-,24+/m1/s1. The van der Waals surface area contributed by atoms with Gasteiger partial charge in [-0.25, -0.2) is 0 Å². The number of carbonyl (C=O) groups excluding carboxylic acids is 4. The molecule has 1 fully saturated rings. The van der Waals surface area contributed by atoms with Crippen molar-refractivity contribution in [3.8, 4) is 28.4 Å². The van der Waals surface area contributed by atoms with Crippen LogP contribution in [0.25, 0.3) is 22.1 Å². The number of ether oxygens (including phenoxy) is 3. The van der Waals surface area contributed by atoms with Gasteiger partial charge in [-0.15, -0.1) is 0 Å². The molecule has 2 aromatic carbocycles. The number of benzene rings is 2. The lowest BCUT2D eigenvalue weighted by Crippen LogP contribution is -2.54. The summed E-state index contributed by atoms with van der Waals surface area (Å²) in [7, 11) is 0. The summed E-state index contributed by atoms with van der Waals surface area (Å²) in [5.41, 5.74) is 6.27. The fourth-order valence-corrected chi connectivity index (χ4v) is 5.74. The quantitative estimate of drug-likeness (QED) is 0.285. The van der Waals surface area contributed by atoms with E-state index in [0.717, 1.165) is 0 Å². The average Bonchev–Trinajstić information content (AvgIpc) is 3.52. The number of carbonyl (C=O) groups is 4. The van der Waals surface area contributed by atoms with Crippen molar-refractivity contribution in [2.45, 2.75) is 52.1 Å². The predicted octanol–water partition coefficient (Wildman–Crippen LogP) is 2.04. The largest absolute Gasteiger partial charge is 0.486 e. The normalized spacial score (nSPS) is 16.3. The zero-order valence-corrected chi connectivity index (χ0v) is 26.1. The molecule has 0 radical (unpaired) electrons. The zero-order valence-electron chi connectivity index (χ0n) is 26.1. The number of rotatable bonds is 11. The maximum Gasteiger partial charge on any atom is 0.261 e. The Morgan fingerprint density at radius 3 is 2.57 bits per heavy atom. The summed E-state index contributed by atoms with van der Waals surface area (Å²) in [6.45, 7) is 6.08. The highest BCUT2D eigenvalue weighted by molar-refractivity contribution is 5.94. The molecule has 0 unspecified atom stereocenters. The number of aryl methyl sites for hydroxylation is 1. The van der Waals surface area contributed by atoms with E-state index >= 15 is 0 Å². The molecule has 0 bridgehead atoms. The van der Waals surface area contributed by atoms with Crippen LogP contribution in [0.3, 0.4) is 0 Å². The lowest BCUT2D eigenvalue weighted by molar-refractivity contribution is -0.141. The highest BCUT2D eigenvalue weighted by atomic mass is 16.6. The fraction of sp³-hybridized carbons (Fsp3) is 0.424. The molecule has 0 spiro atoms. The third-order valence-electron chi connectivity index (χ3n) is 7.89. The van der Waals surface area contributed by atoms with Gasteiger partial charge >= 0.3 is 0 Å². The van der Waals surface area contributed by atoms with Crippen LogP contribution in [0.1, 0.15) is 38.9 Å². The smallest absolute Gasteiger partial charge is 0.261 e. The molecule has 2 aliphatic heterocycles. The highest BCUT2D eigenvalue weighted by Gasteiger charge is 2.36. The molecule has 1 aromatic heterocycles. The van der Waals surface area contributed by atoms with Crippen LogP contribution in [-0.4, -0.2) is 73.5 Å². The predicted molar refractivity (Wildman–Crippen MR) is 167 cm³/mol. The highest BCUT2D eigenvalue weighted by Crippen LogP contribution is 2.35. The van der Waals surface area contributed by atoms with Gasteiger partial charge in [0.05, 0.1) is 17.5 Å². The third kappa shape index (κ3) is 7.24. The number of amides is 4. The molecule has 0 saturated carbocycles. The Kier molecular flexibility index (Phi) is 9.78. The van der Waals surface area contributed by atoms with Crippen molar-refractivity contribution in [2.75, 3.05) is 32.9 Å². The van der Waals surface area contributed by atoms with E-state index in [1.807, 2.05) is 13.8 Å². The molecular weight excluding hydrogens is 596 g/mol. The first-order valence-electron chi connectivity index (χ1n) is 15.3. The van der Waals surface area contributed by atoms with Crippen LogP contribution in [0.5, 0.6) is 17.2 Å². The number of hydrogen-bond acceptors (Lipinski definition) is 9. The molecule has 2 aliphatic rings. The Labute approximate surface area is 265 Å². The molecule has 46 heavy (non-hydrogen) atoms. The van der Waals surface area contributed by atoms with Crippen molar-refractivity contribution in [2.24, 2.45) is 11.7 Å². The van der Waals surface area contributed by atoms with Crippen molar-refractivity contribution in [1.29, 1.82) is 0 Å². The summed E-state index contributed by atoms with van der Waals surface area (Å²) in [6, 6.07) is 8.39. The Balaban J connectivity index is 1.25. The number of likely N-dealkylation sites (tertiary alicyclic amines) is 1.